The van der Waals surface area contributed by atoms with Crippen LogP contribution in [0.2, 0.25) is 0 Å². The number of ketones is 1. The van der Waals surface area contributed by atoms with E-state index in [4.69, 9.17) is 9.72 Å². The van der Waals surface area contributed by atoms with Gasteiger partial charge in [-0.1, -0.05) is 25.0 Å². The van der Waals surface area contributed by atoms with Crippen LogP contribution in [0, 0.1) is 6.92 Å². The second kappa shape index (κ2) is 15.0. The van der Waals surface area contributed by atoms with Gasteiger partial charge in [-0.05, 0) is 74.9 Å². The van der Waals surface area contributed by atoms with Crippen molar-refractivity contribution in [2.45, 2.75) is 70.8 Å². The molecule has 1 saturated carbocycles. The minimum absolute atomic E-state index is 0.0192. The van der Waals surface area contributed by atoms with Gasteiger partial charge in [0.05, 0.1) is 30.0 Å². The highest BCUT2D eigenvalue weighted by atomic mass is 16.5. The number of aromatic nitrogens is 4. The van der Waals surface area contributed by atoms with Gasteiger partial charge >= 0.3 is 0 Å². The Hall–Kier alpha value is -5.17. The SMILES string of the molecule is CC(=O)c1c(C)c2cnc(Nc3ccc(N4CCN(CCCOc5ccc(C6CCC(=O)NC6=O)cc5)CC4)cn3)nc2n(C2CCCC2)c1=O. The first-order valence-electron chi connectivity index (χ1n) is 17.9. The number of hydrogen-bond acceptors (Lipinski definition) is 11. The molecule has 2 N–H and O–H groups in total. The minimum Gasteiger partial charge on any atom is -0.494 e. The van der Waals surface area contributed by atoms with Crippen molar-refractivity contribution in [3.8, 4) is 5.75 Å². The summed E-state index contributed by atoms with van der Waals surface area (Å²) >= 11 is 0. The number of fused-ring (bicyclic) bond motifs is 1. The molecule has 13 nitrogen and oxygen atoms in total. The summed E-state index contributed by atoms with van der Waals surface area (Å²) in [6.07, 6.45) is 9.23. The van der Waals surface area contributed by atoms with Gasteiger partial charge in [0.2, 0.25) is 17.8 Å². The molecular formula is C38H44N8O5. The van der Waals surface area contributed by atoms with Crippen LogP contribution < -0.4 is 25.8 Å². The molecule has 7 rings (SSSR count). The van der Waals surface area contributed by atoms with Crippen LogP contribution in [-0.2, 0) is 9.59 Å². The molecule has 0 radical (unpaired) electrons. The average molecular weight is 693 g/mol. The molecule has 266 valence electrons. The van der Waals surface area contributed by atoms with Gasteiger partial charge in [-0.15, -0.1) is 0 Å². The van der Waals surface area contributed by atoms with Crippen LogP contribution in [0.5, 0.6) is 5.75 Å². The molecule has 4 aromatic rings. The fourth-order valence-electron chi connectivity index (χ4n) is 7.59. The van der Waals surface area contributed by atoms with E-state index in [1.54, 1.807) is 17.7 Å². The molecule has 13 heteroatoms. The Balaban J connectivity index is 0.898. The summed E-state index contributed by atoms with van der Waals surface area (Å²) in [5.41, 5.74) is 3.07. The molecule has 3 fully saturated rings. The van der Waals surface area contributed by atoms with Crippen molar-refractivity contribution in [3.63, 3.8) is 0 Å². The van der Waals surface area contributed by atoms with Crippen molar-refractivity contribution in [2.24, 2.45) is 0 Å². The number of carbonyl (C=O) groups is 3. The van der Waals surface area contributed by atoms with E-state index in [0.29, 0.717) is 47.8 Å². The van der Waals surface area contributed by atoms with Gasteiger partial charge in [0.25, 0.3) is 5.56 Å². The summed E-state index contributed by atoms with van der Waals surface area (Å²) in [6.45, 7) is 8.46. The first kappa shape index (κ1) is 34.3. The number of rotatable bonds is 11. The van der Waals surface area contributed by atoms with Crippen LogP contribution in [0.4, 0.5) is 17.5 Å². The maximum Gasteiger partial charge on any atom is 0.263 e. The summed E-state index contributed by atoms with van der Waals surface area (Å²) in [7, 11) is 0. The summed E-state index contributed by atoms with van der Waals surface area (Å²) in [4.78, 5) is 68.2. The fraction of sp³-hybridized carbons (Fsp3) is 0.447. The minimum atomic E-state index is -0.288. The number of piperazine rings is 1. The molecule has 1 aliphatic carbocycles. The van der Waals surface area contributed by atoms with Gasteiger partial charge in [0.15, 0.2) is 5.78 Å². The maximum atomic E-state index is 13.5. The lowest BCUT2D eigenvalue weighted by atomic mass is 9.90. The number of nitrogens with zero attached hydrogens (tertiary/aromatic N) is 6. The number of hydrogen-bond donors (Lipinski definition) is 2. The van der Waals surface area contributed by atoms with Crippen LogP contribution >= 0.6 is 0 Å². The molecule has 3 aliphatic rings. The number of imide groups is 1. The molecule has 1 aromatic carbocycles. The third kappa shape index (κ3) is 7.48. The van der Waals surface area contributed by atoms with Crippen LogP contribution in [0.1, 0.15) is 85.3 Å². The Kier molecular flexibility index (Phi) is 10.1. The monoisotopic (exact) mass is 692 g/mol. The van der Waals surface area contributed by atoms with Gasteiger partial charge in [0.1, 0.15) is 17.2 Å². The highest BCUT2D eigenvalue weighted by molar-refractivity contribution is 6.01. The zero-order valence-corrected chi connectivity index (χ0v) is 29.2. The van der Waals surface area contributed by atoms with Crippen LogP contribution in [0.25, 0.3) is 11.0 Å². The summed E-state index contributed by atoms with van der Waals surface area (Å²) in [5.74, 6) is 0.772. The summed E-state index contributed by atoms with van der Waals surface area (Å²) < 4.78 is 7.67. The quantitative estimate of drug-likeness (QED) is 0.128. The van der Waals surface area contributed by atoms with Crippen LogP contribution in [0.15, 0.2) is 53.6 Å². The Morgan fingerprint density at radius 3 is 2.41 bits per heavy atom. The van der Waals surface area contributed by atoms with Crippen LogP contribution in [-0.4, -0.2) is 81.3 Å². The zero-order valence-electron chi connectivity index (χ0n) is 29.2. The Morgan fingerprint density at radius 1 is 0.961 bits per heavy atom. The van der Waals surface area contributed by atoms with Crippen LogP contribution in [0.3, 0.4) is 0 Å². The van der Waals surface area contributed by atoms with Crippen molar-refractivity contribution in [1.29, 1.82) is 0 Å². The first-order chi connectivity index (χ1) is 24.7. The number of piperidine rings is 1. The lowest BCUT2D eigenvalue weighted by molar-refractivity contribution is -0.134. The van der Waals surface area contributed by atoms with E-state index in [-0.39, 0.29) is 40.7 Å². The standard InChI is InChI=1S/C38H44N8O5/c1-24-31-23-40-38(43-35(31)46(27-6-3-4-7-27)37(50)34(24)25(2)47)41-32-14-10-28(22-39-32)45-19-17-44(18-20-45)16-5-21-51-29-11-8-26(9-12-29)30-13-15-33(48)42-36(30)49/h8-12,14,22-23,27,30H,3-7,13,15-21H2,1-2H3,(H,42,48,49)(H,39,40,41,43). The molecule has 0 spiro atoms. The fourth-order valence-corrected chi connectivity index (χ4v) is 7.59. The average Bonchev–Trinajstić information content (AvgIpc) is 3.66. The number of nitrogens with one attached hydrogen (secondary N) is 2. The molecule has 2 amide bonds. The molecular weight excluding hydrogens is 648 g/mol. The van der Waals surface area contributed by atoms with E-state index in [0.717, 1.165) is 81.8 Å². The second-order valence-electron chi connectivity index (χ2n) is 13.7. The predicted octanol–water partition coefficient (Wildman–Crippen LogP) is 4.67. The third-order valence-electron chi connectivity index (χ3n) is 10.4. The van der Waals surface area contributed by atoms with Gasteiger partial charge in [0, 0.05) is 56.8 Å². The van der Waals surface area contributed by atoms with Crippen molar-refractivity contribution >= 4 is 46.1 Å². The molecule has 2 saturated heterocycles. The second-order valence-corrected chi connectivity index (χ2v) is 13.7. The number of ether oxygens (including phenoxy) is 1. The molecule has 0 bridgehead atoms. The number of carbonyl (C=O) groups excluding carboxylic acids is 3. The van der Waals surface area contributed by atoms with Gasteiger partial charge in [-0.3, -0.25) is 34.0 Å². The van der Waals surface area contributed by atoms with Crippen molar-refractivity contribution in [2.75, 3.05) is 49.5 Å². The lowest BCUT2D eigenvalue weighted by Gasteiger charge is -2.36. The number of anilines is 3. The summed E-state index contributed by atoms with van der Waals surface area (Å²) in [5, 5.41) is 6.34. The largest absolute Gasteiger partial charge is 0.494 e. The van der Waals surface area contributed by atoms with E-state index < -0.39 is 0 Å². The van der Waals surface area contributed by atoms with Crippen molar-refractivity contribution < 1.29 is 19.1 Å². The molecule has 5 heterocycles. The first-order valence-corrected chi connectivity index (χ1v) is 17.9. The number of amides is 2. The highest BCUT2D eigenvalue weighted by Crippen LogP contribution is 2.32. The van der Waals surface area contributed by atoms with E-state index >= 15 is 0 Å². The third-order valence-corrected chi connectivity index (χ3v) is 10.4. The lowest BCUT2D eigenvalue weighted by Crippen LogP contribution is -2.46. The Labute approximate surface area is 296 Å². The number of pyridine rings is 2. The smallest absolute Gasteiger partial charge is 0.263 e. The van der Waals surface area contributed by atoms with Crippen molar-refractivity contribution in [1.82, 2.24) is 29.7 Å². The Bertz CT molecular complexity index is 1980. The van der Waals surface area contributed by atoms with Gasteiger partial charge in [-0.25, -0.2) is 9.97 Å². The highest BCUT2D eigenvalue weighted by Gasteiger charge is 2.28. The normalized spacial score (nSPS) is 18.6. The Morgan fingerprint density at radius 2 is 1.73 bits per heavy atom. The van der Waals surface area contributed by atoms with E-state index in [1.807, 2.05) is 42.6 Å². The van der Waals surface area contributed by atoms with E-state index in [2.05, 4.69) is 30.4 Å². The molecule has 2 aliphatic heterocycles. The number of Topliss-reactive ketones (excluding diaryl/α,β-unsaturated/α-hetero) is 1. The number of aryl methyl sites for hydroxylation is 1. The van der Waals surface area contributed by atoms with E-state index in [1.165, 1.54) is 6.92 Å². The molecule has 51 heavy (non-hydrogen) atoms. The molecule has 1 unspecified atom stereocenters. The number of benzene rings is 1. The maximum absolute atomic E-state index is 13.5. The topological polar surface area (TPSA) is 152 Å². The van der Waals surface area contributed by atoms with E-state index in [9.17, 15) is 19.2 Å². The summed E-state index contributed by atoms with van der Waals surface area (Å²) in [6, 6.07) is 11.6. The van der Waals surface area contributed by atoms with Gasteiger partial charge < -0.3 is 15.0 Å². The van der Waals surface area contributed by atoms with Crippen molar-refractivity contribution in [3.05, 3.63) is 75.8 Å². The molecule has 3 aromatic heterocycles. The molecule has 1 atom stereocenters. The zero-order chi connectivity index (χ0) is 35.5. The predicted molar refractivity (Wildman–Crippen MR) is 194 cm³/mol. The van der Waals surface area contributed by atoms with Gasteiger partial charge in [-0.2, -0.15) is 4.98 Å².